The fourth-order valence-corrected chi connectivity index (χ4v) is 3.77. The fourth-order valence-electron chi connectivity index (χ4n) is 3.77. The Morgan fingerprint density at radius 3 is 2.32 bits per heavy atom. The summed E-state index contributed by atoms with van der Waals surface area (Å²) < 4.78 is 26.3. The maximum atomic E-state index is 13.3. The molecule has 1 unspecified atom stereocenters. The standard InChI is InChI=1S/C21H21F2N3O2/c22-18-8-3-15(12-19(18)23)24-21(28)14-11-20(27)26(13-14)17-6-4-16(5-7-17)25-9-1-2-10-25/h3-8,12,14H,1-2,9-11,13H2,(H,24,28). The minimum atomic E-state index is -1.03. The SMILES string of the molecule is O=C(Nc1ccc(F)c(F)c1)C1CC(=O)N(c2ccc(N3CCCC3)cc2)C1. The molecule has 2 fully saturated rings. The minimum Gasteiger partial charge on any atom is -0.372 e. The monoisotopic (exact) mass is 385 g/mol. The maximum Gasteiger partial charge on any atom is 0.229 e. The van der Waals surface area contributed by atoms with Gasteiger partial charge in [-0.2, -0.15) is 0 Å². The second-order valence-electron chi connectivity index (χ2n) is 7.23. The molecule has 2 saturated heterocycles. The van der Waals surface area contributed by atoms with Gasteiger partial charge in [0.15, 0.2) is 11.6 Å². The number of amides is 2. The van der Waals surface area contributed by atoms with Gasteiger partial charge in [-0.3, -0.25) is 9.59 Å². The number of hydrogen-bond donors (Lipinski definition) is 1. The Morgan fingerprint density at radius 2 is 1.64 bits per heavy atom. The van der Waals surface area contributed by atoms with E-state index in [9.17, 15) is 18.4 Å². The Hall–Kier alpha value is -2.96. The van der Waals surface area contributed by atoms with Crippen molar-refractivity contribution in [2.24, 2.45) is 5.92 Å². The van der Waals surface area contributed by atoms with Crippen molar-refractivity contribution in [1.29, 1.82) is 0 Å². The van der Waals surface area contributed by atoms with Crippen LogP contribution in [0.25, 0.3) is 0 Å². The second kappa shape index (κ2) is 7.58. The lowest BCUT2D eigenvalue weighted by atomic mass is 10.1. The van der Waals surface area contributed by atoms with Crippen LogP contribution in [0.1, 0.15) is 19.3 Å². The van der Waals surface area contributed by atoms with Crippen LogP contribution in [-0.4, -0.2) is 31.4 Å². The van der Waals surface area contributed by atoms with Crippen molar-refractivity contribution < 1.29 is 18.4 Å². The van der Waals surface area contributed by atoms with Gasteiger partial charge in [0, 0.05) is 49.2 Å². The largest absolute Gasteiger partial charge is 0.372 e. The van der Waals surface area contributed by atoms with Gasteiger partial charge in [-0.1, -0.05) is 0 Å². The Kier molecular flexibility index (Phi) is 4.98. The van der Waals surface area contributed by atoms with E-state index in [1.165, 1.54) is 18.9 Å². The first-order chi connectivity index (χ1) is 13.5. The average Bonchev–Trinajstić information content (AvgIpc) is 3.35. The van der Waals surface area contributed by atoms with Gasteiger partial charge in [-0.25, -0.2) is 8.78 Å². The topological polar surface area (TPSA) is 52.7 Å². The molecule has 146 valence electrons. The highest BCUT2D eigenvalue weighted by Crippen LogP contribution is 2.29. The number of carbonyl (C=O) groups excluding carboxylic acids is 2. The van der Waals surface area contributed by atoms with E-state index < -0.39 is 17.6 Å². The molecule has 0 radical (unpaired) electrons. The fraction of sp³-hybridized carbons (Fsp3) is 0.333. The molecule has 0 spiro atoms. The van der Waals surface area contributed by atoms with Gasteiger partial charge in [0.2, 0.25) is 11.8 Å². The number of nitrogens with one attached hydrogen (secondary N) is 1. The summed E-state index contributed by atoms with van der Waals surface area (Å²) >= 11 is 0. The lowest BCUT2D eigenvalue weighted by Crippen LogP contribution is -2.28. The van der Waals surface area contributed by atoms with E-state index >= 15 is 0 Å². The van der Waals surface area contributed by atoms with Crippen LogP contribution in [0.2, 0.25) is 0 Å². The van der Waals surface area contributed by atoms with Crippen LogP contribution >= 0.6 is 0 Å². The molecule has 0 aromatic heterocycles. The third-order valence-corrected chi connectivity index (χ3v) is 5.32. The summed E-state index contributed by atoms with van der Waals surface area (Å²) in [5, 5.41) is 2.56. The zero-order valence-electron chi connectivity index (χ0n) is 15.3. The number of benzene rings is 2. The highest BCUT2D eigenvalue weighted by Gasteiger charge is 2.35. The first-order valence-electron chi connectivity index (χ1n) is 9.42. The summed E-state index contributed by atoms with van der Waals surface area (Å²) in [7, 11) is 0. The first-order valence-corrected chi connectivity index (χ1v) is 9.42. The summed E-state index contributed by atoms with van der Waals surface area (Å²) in [6.45, 7) is 2.36. The molecule has 1 atom stereocenters. The van der Waals surface area contributed by atoms with Crippen molar-refractivity contribution >= 4 is 28.9 Å². The Morgan fingerprint density at radius 1 is 0.964 bits per heavy atom. The zero-order valence-corrected chi connectivity index (χ0v) is 15.3. The Bertz CT molecular complexity index is 895. The van der Waals surface area contributed by atoms with Crippen LogP contribution in [0, 0.1) is 17.6 Å². The molecule has 7 heteroatoms. The lowest BCUT2D eigenvalue weighted by molar-refractivity contribution is -0.122. The highest BCUT2D eigenvalue weighted by atomic mass is 19.2. The van der Waals surface area contributed by atoms with E-state index in [4.69, 9.17) is 0 Å². The predicted octanol–water partition coefficient (Wildman–Crippen LogP) is 3.56. The van der Waals surface area contributed by atoms with Crippen molar-refractivity contribution in [2.75, 3.05) is 34.8 Å². The minimum absolute atomic E-state index is 0.0867. The molecule has 0 saturated carbocycles. The molecular weight excluding hydrogens is 364 g/mol. The van der Waals surface area contributed by atoms with Gasteiger partial charge in [0.05, 0.1) is 5.92 Å². The van der Waals surface area contributed by atoms with Crippen LogP contribution in [0.15, 0.2) is 42.5 Å². The van der Waals surface area contributed by atoms with Crippen molar-refractivity contribution in [3.8, 4) is 0 Å². The lowest BCUT2D eigenvalue weighted by Gasteiger charge is -2.20. The van der Waals surface area contributed by atoms with E-state index in [-0.39, 0.29) is 30.5 Å². The number of rotatable bonds is 4. The molecule has 4 rings (SSSR count). The summed E-state index contributed by atoms with van der Waals surface area (Å²) in [5.74, 6) is -3.05. The number of halogens is 2. The summed E-state index contributed by atoms with van der Waals surface area (Å²) in [6, 6.07) is 11.0. The van der Waals surface area contributed by atoms with Crippen molar-refractivity contribution in [2.45, 2.75) is 19.3 Å². The highest BCUT2D eigenvalue weighted by molar-refractivity contribution is 6.03. The van der Waals surface area contributed by atoms with Crippen LogP contribution in [-0.2, 0) is 9.59 Å². The van der Waals surface area contributed by atoms with Crippen molar-refractivity contribution in [3.05, 3.63) is 54.1 Å². The van der Waals surface area contributed by atoms with Crippen LogP contribution < -0.4 is 15.1 Å². The van der Waals surface area contributed by atoms with Gasteiger partial charge in [-0.05, 0) is 49.2 Å². The third kappa shape index (κ3) is 3.69. The normalized spacial score (nSPS) is 19.4. The molecule has 0 aliphatic carbocycles. The summed E-state index contributed by atoms with van der Waals surface area (Å²) in [5.41, 5.74) is 2.07. The maximum absolute atomic E-state index is 13.3. The van der Waals surface area contributed by atoms with E-state index in [1.807, 2.05) is 24.3 Å². The molecule has 2 heterocycles. The smallest absolute Gasteiger partial charge is 0.229 e. The summed E-state index contributed by atoms with van der Waals surface area (Å²) in [4.78, 5) is 28.8. The molecule has 2 aromatic carbocycles. The molecular formula is C21H21F2N3O2. The van der Waals surface area contributed by atoms with Crippen LogP contribution in [0.3, 0.4) is 0 Å². The molecule has 2 amide bonds. The Balaban J connectivity index is 1.41. The molecule has 2 aliphatic heterocycles. The van der Waals surface area contributed by atoms with Crippen LogP contribution in [0.4, 0.5) is 25.8 Å². The average molecular weight is 385 g/mol. The van der Waals surface area contributed by atoms with Crippen LogP contribution in [0.5, 0.6) is 0 Å². The van der Waals surface area contributed by atoms with E-state index in [0.717, 1.165) is 36.6 Å². The predicted molar refractivity (Wildman–Crippen MR) is 103 cm³/mol. The van der Waals surface area contributed by atoms with E-state index in [0.29, 0.717) is 0 Å². The number of carbonyl (C=O) groups is 2. The quantitative estimate of drug-likeness (QED) is 0.876. The van der Waals surface area contributed by atoms with Crippen molar-refractivity contribution in [1.82, 2.24) is 0 Å². The second-order valence-corrected chi connectivity index (χ2v) is 7.23. The van der Waals surface area contributed by atoms with Gasteiger partial charge >= 0.3 is 0 Å². The third-order valence-electron chi connectivity index (χ3n) is 5.32. The molecule has 1 N–H and O–H groups in total. The van der Waals surface area contributed by atoms with Gasteiger partial charge in [-0.15, -0.1) is 0 Å². The van der Waals surface area contributed by atoms with Gasteiger partial charge < -0.3 is 15.1 Å². The zero-order chi connectivity index (χ0) is 19.7. The molecule has 5 nitrogen and oxygen atoms in total. The molecule has 28 heavy (non-hydrogen) atoms. The Labute approximate surface area is 161 Å². The van der Waals surface area contributed by atoms with E-state index in [1.54, 1.807) is 4.90 Å². The number of hydrogen-bond acceptors (Lipinski definition) is 3. The number of nitrogens with zero attached hydrogens (tertiary/aromatic N) is 2. The molecule has 0 bridgehead atoms. The summed E-state index contributed by atoms with van der Waals surface area (Å²) in [6.07, 6.45) is 2.48. The van der Waals surface area contributed by atoms with Gasteiger partial charge in [0.1, 0.15) is 0 Å². The van der Waals surface area contributed by atoms with Crippen molar-refractivity contribution in [3.63, 3.8) is 0 Å². The molecule has 2 aliphatic rings. The van der Waals surface area contributed by atoms with Gasteiger partial charge in [0.25, 0.3) is 0 Å². The number of anilines is 3. The first kappa shape index (κ1) is 18.4. The van der Waals surface area contributed by atoms with E-state index in [2.05, 4.69) is 10.2 Å². The molecule has 2 aromatic rings.